The van der Waals surface area contributed by atoms with Crippen LogP contribution in [0.5, 0.6) is 5.75 Å². The van der Waals surface area contributed by atoms with Crippen molar-refractivity contribution in [3.63, 3.8) is 0 Å². The Labute approximate surface area is 104 Å². The molecule has 1 fully saturated rings. The average Bonchev–Trinajstić information content (AvgIpc) is 2.34. The van der Waals surface area contributed by atoms with Crippen LogP contribution >= 0.6 is 0 Å². The number of rotatable bonds is 3. The first-order valence-corrected chi connectivity index (χ1v) is 6.65. The van der Waals surface area contributed by atoms with Gasteiger partial charge in [-0.05, 0) is 37.2 Å². The third-order valence-corrected chi connectivity index (χ3v) is 4.04. The molecule has 0 saturated heterocycles. The Morgan fingerprint density at radius 1 is 1.18 bits per heavy atom. The summed E-state index contributed by atoms with van der Waals surface area (Å²) in [5.74, 6) is 2.57. The van der Waals surface area contributed by atoms with E-state index < -0.39 is 0 Å². The molecule has 17 heavy (non-hydrogen) atoms. The van der Waals surface area contributed by atoms with Gasteiger partial charge in [-0.3, -0.25) is 0 Å². The van der Waals surface area contributed by atoms with Crippen LogP contribution in [0.2, 0.25) is 0 Å². The van der Waals surface area contributed by atoms with Crippen molar-refractivity contribution >= 4 is 0 Å². The normalized spacial score (nSPS) is 29.0. The topological polar surface area (TPSA) is 35.2 Å². The highest BCUT2D eigenvalue weighted by molar-refractivity contribution is 5.33. The van der Waals surface area contributed by atoms with Gasteiger partial charge in [-0.25, -0.2) is 0 Å². The van der Waals surface area contributed by atoms with Crippen LogP contribution in [0.25, 0.3) is 0 Å². The molecule has 0 bridgehead atoms. The monoisotopic (exact) mass is 233 g/mol. The number of ether oxygens (including phenoxy) is 1. The maximum atomic E-state index is 6.12. The molecule has 2 nitrogen and oxygen atoms in total. The molecule has 0 heterocycles. The Kier molecular flexibility index (Phi) is 4.06. The molecule has 0 spiro atoms. The van der Waals surface area contributed by atoms with Crippen molar-refractivity contribution in [3.8, 4) is 5.75 Å². The number of hydrogen-bond donors (Lipinski definition) is 1. The van der Waals surface area contributed by atoms with Gasteiger partial charge < -0.3 is 10.5 Å². The Hall–Kier alpha value is -1.02. The predicted molar refractivity (Wildman–Crippen MR) is 70.9 cm³/mol. The fourth-order valence-corrected chi connectivity index (χ4v) is 2.57. The van der Waals surface area contributed by atoms with E-state index in [0.29, 0.717) is 12.6 Å². The third-order valence-electron chi connectivity index (χ3n) is 4.04. The van der Waals surface area contributed by atoms with E-state index in [1.165, 1.54) is 19.3 Å². The molecule has 1 saturated carbocycles. The molecule has 0 radical (unpaired) electrons. The van der Waals surface area contributed by atoms with Gasteiger partial charge in [0.25, 0.3) is 0 Å². The summed E-state index contributed by atoms with van der Waals surface area (Å²) in [5, 5.41) is 0. The molecule has 0 aromatic heterocycles. The van der Waals surface area contributed by atoms with E-state index in [9.17, 15) is 0 Å². The Balaban J connectivity index is 2.01. The molecule has 1 aliphatic carbocycles. The standard InChI is InChI=1S/C15H23NO/c1-11-7-8-14(9-12(11)2)17-15-6-4-3-5-13(15)10-16/h3-6,11-12,14H,7-10,16H2,1-2H3. The average molecular weight is 233 g/mol. The summed E-state index contributed by atoms with van der Waals surface area (Å²) in [4.78, 5) is 0. The third kappa shape index (κ3) is 3.01. The number of benzene rings is 1. The maximum Gasteiger partial charge on any atom is 0.124 e. The number of para-hydroxylation sites is 1. The smallest absolute Gasteiger partial charge is 0.124 e. The van der Waals surface area contributed by atoms with Gasteiger partial charge in [0.15, 0.2) is 0 Å². The molecule has 2 N–H and O–H groups in total. The first-order valence-electron chi connectivity index (χ1n) is 6.65. The Morgan fingerprint density at radius 2 is 1.94 bits per heavy atom. The molecule has 3 atom stereocenters. The van der Waals surface area contributed by atoms with Crippen molar-refractivity contribution in [1.82, 2.24) is 0 Å². The van der Waals surface area contributed by atoms with Gasteiger partial charge in [0.2, 0.25) is 0 Å². The Morgan fingerprint density at radius 3 is 2.65 bits per heavy atom. The summed E-state index contributed by atoms with van der Waals surface area (Å²) in [7, 11) is 0. The molecule has 1 aromatic carbocycles. The van der Waals surface area contributed by atoms with Crippen LogP contribution in [-0.4, -0.2) is 6.10 Å². The minimum absolute atomic E-state index is 0.369. The van der Waals surface area contributed by atoms with E-state index in [1.807, 2.05) is 24.3 Å². The van der Waals surface area contributed by atoms with Crippen LogP contribution in [0.15, 0.2) is 24.3 Å². The molecule has 2 heteroatoms. The fourth-order valence-electron chi connectivity index (χ4n) is 2.57. The van der Waals surface area contributed by atoms with Gasteiger partial charge in [-0.1, -0.05) is 32.0 Å². The van der Waals surface area contributed by atoms with Gasteiger partial charge in [0.05, 0.1) is 6.10 Å². The lowest BCUT2D eigenvalue weighted by atomic mass is 9.80. The largest absolute Gasteiger partial charge is 0.490 e. The summed E-state index contributed by atoms with van der Waals surface area (Å²) >= 11 is 0. The van der Waals surface area contributed by atoms with Gasteiger partial charge in [-0.15, -0.1) is 0 Å². The zero-order valence-electron chi connectivity index (χ0n) is 10.9. The van der Waals surface area contributed by atoms with Gasteiger partial charge >= 0.3 is 0 Å². The highest BCUT2D eigenvalue weighted by Gasteiger charge is 2.25. The van der Waals surface area contributed by atoms with E-state index in [0.717, 1.165) is 23.1 Å². The van der Waals surface area contributed by atoms with Gasteiger partial charge in [0, 0.05) is 12.1 Å². The fraction of sp³-hybridized carbons (Fsp3) is 0.600. The van der Waals surface area contributed by atoms with Crippen molar-refractivity contribution in [3.05, 3.63) is 29.8 Å². The minimum atomic E-state index is 0.369. The second kappa shape index (κ2) is 5.54. The quantitative estimate of drug-likeness (QED) is 0.869. The van der Waals surface area contributed by atoms with Crippen LogP contribution in [0.1, 0.15) is 38.7 Å². The molecule has 2 rings (SSSR count). The van der Waals surface area contributed by atoms with Crippen LogP contribution in [0.3, 0.4) is 0 Å². The molecule has 94 valence electrons. The van der Waals surface area contributed by atoms with Crippen LogP contribution < -0.4 is 10.5 Å². The summed E-state index contributed by atoms with van der Waals surface area (Å²) < 4.78 is 6.12. The predicted octanol–water partition coefficient (Wildman–Crippen LogP) is 3.35. The van der Waals surface area contributed by atoms with Gasteiger partial charge in [0.1, 0.15) is 5.75 Å². The molecule has 1 aliphatic rings. The first-order chi connectivity index (χ1) is 8.20. The van der Waals surface area contributed by atoms with E-state index >= 15 is 0 Å². The highest BCUT2D eigenvalue weighted by atomic mass is 16.5. The second-order valence-corrected chi connectivity index (χ2v) is 5.32. The molecular weight excluding hydrogens is 210 g/mol. The summed E-state index contributed by atoms with van der Waals surface area (Å²) in [6.45, 7) is 5.22. The SMILES string of the molecule is CC1CCC(Oc2ccccc2CN)CC1C. The van der Waals surface area contributed by atoms with E-state index in [-0.39, 0.29) is 0 Å². The van der Waals surface area contributed by atoms with Crippen molar-refractivity contribution in [2.24, 2.45) is 17.6 Å². The zero-order valence-corrected chi connectivity index (χ0v) is 10.9. The van der Waals surface area contributed by atoms with Crippen molar-refractivity contribution in [2.45, 2.75) is 45.8 Å². The van der Waals surface area contributed by atoms with Crippen molar-refractivity contribution in [2.75, 3.05) is 0 Å². The molecular formula is C15H23NO. The lowest BCUT2D eigenvalue weighted by Crippen LogP contribution is -2.29. The van der Waals surface area contributed by atoms with Crippen LogP contribution in [0.4, 0.5) is 0 Å². The summed E-state index contributed by atoms with van der Waals surface area (Å²) in [6, 6.07) is 8.11. The van der Waals surface area contributed by atoms with Gasteiger partial charge in [-0.2, -0.15) is 0 Å². The van der Waals surface area contributed by atoms with Crippen molar-refractivity contribution < 1.29 is 4.74 Å². The molecule has 0 aliphatic heterocycles. The van der Waals surface area contributed by atoms with Crippen LogP contribution in [-0.2, 0) is 6.54 Å². The van der Waals surface area contributed by atoms with E-state index in [2.05, 4.69) is 13.8 Å². The van der Waals surface area contributed by atoms with Crippen molar-refractivity contribution in [1.29, 1.82) is 0 Å². The lowest BCUT2D eigenvalue weighted by Gasteiger charge is -2.32. The lowest BCUT2D eigenvalue weighted by molar-refractivity contribution is 0.0997. The molecule has 3 unspecified atom stereocenters. The zero-order chi connectivity index (χ0) is 12.3. The molecule has 1 aromatic rings. The summed E-state index contributed by atoms with van der Waals surface area (Å²) in [5.41, 5.74) is 6.84. The molecule has 0 amide bonds. The van der Waals surface area contributed by atoms with E-state index in [1.54, 1.807) is 0 Å². The van der Waals surface area contributed by atoms with E-state index in [4.69, 9.17) is 10.5 Å². The maximum absolute atomic E-state index is 6.12. The summed E-state index contributed by atoms with van der Waals surface area (Å²) in [6.07, 6.45) is 3.98. The number of hydrogen-bond acceptors (Lipinski definition) is 2. The highest BCUT2D eigenvalue weighted by Crippen LogP contribution is 2.32. The van der Waals surface area contributed by atoms with Crippen LogP contribution in [0, 0.1) is 11.8 Å². The minimum Gasteiger partial charge on any atom is -0.490 e. The number of nitrogens with two attached hydrogens (primary N) is 1. The Bertz CT molecular complexity index is 364. The second-order valence-electron chi connectivity index (χ2n) is 5.32. The first kappa shape index (κ1) is 12.4.